The van der Waals surface area contributed by atoms with E-state index >= 15 is 0 Å². The molecule has 3 rings (SSSR count). The molecule has 2 N–H and O–H groups in total. The smallest absolute Gasteiger partial charge is 0.0745 e. The van der Waals surface area contributed by atoms with Crippen molar-refractivity contribution in [2.45, 2.75) is 13.0 Å². The van der Waals surface area contributed by atoms with Gasteiger partial charge >= 0.3 is 0 Å². The highest BCUT2D eigenvalue weighted by atomic mass is 16.3. The SMILES string of the molecule is Cc1ccc(NC(CO)c2ccc3ccccc3c2)cc1. The van der Waals surface area contributed by atoms with Gasteiger partial charge in [0.25, 0.3) is 0 Å². The third-order valence-corrected chi connectivity index (χ3v) is 3.75. The first kappa shape index (κ1) is 13.7. The lowest BCUT2D eigenvalue weighted by atomic mass is 10.0. The van der Waals surface area contributed by atoms with Gasteiger partial charge in [-0.15, -0.1) is 0 Å². The fourth-order valence-corrected chi connectivity index (χ4v) is 2.51. The predicted octanol–water partition coefficient (Wildman–Crippen LogP) is 4.29. The zero-order chi connectivity index (χ0) is 14.7. The summed E-state index contributed by atoms with van der Waals surface area (Å²) in [6, 6.07) is 22.7. The molecule has 0 saturated heterocycles. The van der Waals surface area contributed by atoms with Crippen LogP contribution in [0.1, 0.15) is 17.2 Å². The van der Waals surface area contributed by atoms with E-state index in [1.807, 2.05) is 24.3 Å². The Morgan fingerprint density at radius 2 is 1.62 bits per heavy atom. The molecule has 3 aromatic carbocycles. The average Bonchev–Trinajstić information content (AvgIpc) is 2.54. The van der Waals surface area contributed by atoms with Crippen molar-refractivity contribution < 1.29 is 5.11 Å². The van der Waals surface area contributed by atoms with Crippen LogP contribution in [0.25, 0.3) is 10.8 Å². The molecule has 0 spiro atoms. The maximum absolute atomic E-state index is 9.70. The van der Waals surface area contributed by atoms with Crippen molar-refractivity contribution in [3.63, 3.8) is 0 Å². The minimum Gasteiger partial charge on any atom is -0.394 e. The molecule has 0 saturated carbocycles. The van der Waals surface area contributed by atoms with Crippen molar-refractivity contribution >= 4 is 16.5 Å². The molecule has 0 aliphatic rings. The quantitative estimate of drug-likeness (QED) is 0.745. The van der Waals surface area contributed by atoms with Crippen LogP contribution in [0.4, 0.5) is 5.69 Å². The number of aliphatic hydroxyl groups excluding tert-OH is 1. The zero-order valence-electron chi connectivity index (χ0n) is 12.1. The number of nitrogens with one attached hydrogen (secondary N) is 1. The standard InChI is InChI=1S/C19H19NO/c1-14-6-10-18(11-7-14)20-19(13-21)17-9-8-15-4-2-3-5-16(15)12-17/h2-12,19-21H,13H2,1H3. The van der Waals surface area contributed by atoms with Crippen LogP contribution >= 0.6 is 0 Å². The minimum atomic E-state index is -0.0997. The van der Waals surface area contributed by atoms with E-state index < -0.39 is 0 Å². The number of anilines is 1. The van der Waals surface area contributed by atoms with Gasteiger partial charge < -0.3 is 10.4 Å². The second kappa shape index (κ2) is 5.98. The highest BCUT2D eigenvalue weighted by molar-refractivity contribution is 5.83. The van der Waals surface area contributed by atoms with Crippen LogP contribution in [0.2, 0.25) is 0 Å². The lowest BCUT2D eigenvalue weighted by Gasteiger charge is -2.19. The van der Waals surface area contributed by atoms with Crippen molar-refractivity contribution in [1.29, 1.82) is 0 Å². The normalized spacial score (nSPS) is 12.3. The molecule has 0 fully saturated rings. The monoisotopic (exact) mass is 277 g/mol. The van der Waals surface area contributed by atoms with E-state index in [1.54, 1.807) is 0 Å². The largest absolute Gasteiger partial charge is 0.394 e. The van der Waals surface area contributed by atoms with E-state index in [-0.39, 0.29) is 12.6 Å². The number of benzene rings is 3. The van der Waals surface area contributed by atoms with E-state index in [1.165, 1.54) is 16.3 Å². The maximum Gasteiger partial charge on any atom is 0.0745 e. The summed E-state index contributed by atoms with van der Waals surface area (Å²) in [6.45, 7) is 2.13. The Morgan fingerprint density at radius 1 is 0.905 bits per heavy atom. The predicted molar refractivity (Wildman–Crippen MR) is 88.6 cm³/mol. The fourth-order valence-electron chi connectivity index (χ4n) is 2.51. The highest BCUT2D eigenvalue weighted by Crippen LogP contribution is 2.23. The van der Waals surface area contributed by atoms with Crippen LogP contribution in [0.3, 0.4) is 0 Å². The molecule has 0 radical (unpaired) electrons. The van der Waals surface area contributed by atoms with Gasteiger partial charge in [-0.3, -0.25) is 0 Å². The fraction of sp³-hybridized carbons (Fsp3) is 0.158. The molecule has 2 heteroatoms. The zero-order valence-corrected chi connectivity index (χ0v) is 12.1. The second-order valence-electron chi connectivity index (χ2n) is 5.35. The van der Waals surface area contributed by atoms with Gasteiger partial charge in [-0.1, -0.05) is 54.1 Å². The number of aryl methyl sites for hydroxylation is 1. The van der Waals surface area contributed by atoms with Gasteiger partial charge in [-0.2, -0.15) is 0 Å². The summed E-state index contributed by atoms with van der Waals surface area (Å²) >= 11 is 0. The summed E-state index contributed by atoms with van der Waals surface area (Å²) in [4.78, 5) is 0. The summed E-state index contributed by atoms with van der Waals surface area (Å²) in [5.74, 6) is 0. The summed E-state index contributed by atoms with van der Waals surface area (Å²) in [5.41, 5.74) is 3.34. The first-order chi connectivity index (χ1) is 10.3. The summed E-state index contributed by atoms with van der Waals surface area (Å²) in [7, 11) is 0. The minimum absolute atomic E-state index is 0.0617. The van der Waals surface area contributed by atoms with Gasteiger partial charge in [0.1, 0.15) is 0 Å². The molecule has 0 aliphatic heterocycles. The third-order valence-electron chi connectivity index (χ3n) is 3.75. The average molecular weight is 277 g/mol. The van der Waals surface area contributed by atoms with Crippen molar-refractivity contribution in [3.8, 4) is 0 Å². The summed E-state index contributed by atoms with van der Waals surface area (Å²) < 4.78 is 0. The van der Waals surface area contributed by atoms with Gasteiger partial charge in [0.15, 0.2) is 0 Å². The van der Waals surface area contributed by atoms with E-state index in [9.17, 15) is 5.11 Å². The molecule has 0 heterocycles. The molecule has 106 valence electrons. The first-order valence-corrected chi connectivity index (χ1v) is 7.19. The van der Waals surface area contributed by atoms with E-state index in [4.69, 9.17) is 0 Å². The maximum atomic E-state index is 9.70. The van der Waals surface area contributed by atoms with Gasteiger partial charge in [0.2, 0.25) is 0 Å². The Morgan fingerprint density at radius 3 is 2.33 bits per heavy atom. The van der Waals surface area contributed by atoms with Crippen LogP contribution in [-0.4, -0.2) is 11.7 Å². The molecule has 21 heavy (non-hydrogen) atoms. The molecule has 3 aromatic rings. The van der Waals surface area contributed by atoms with Crippen LogP contribution in [0, 0.1) is 6.92 Å². The van der Waals surface area contributed by atoms with Gasteiger partial charge in [0, 0.05) is 5.69 Å². The molecule has 0 aliphatic carbocycles. The Balaban J connectivity index is 1.88. The Kier molecular flexibility index (Phi) is 3.89. The van der Waals surface area contributed by atoms with Crippen LogP contribution in [0.15, 0.2) is 66.7 Å². The highest BCUT2D eigenvalue weighted by Gasteiger charge is 2.10. The van der Waals surface area contributed by atoms with E-state index in [0.717, 1.165) is 11.3 Å². The molecular weight excluding hydrogens is 258 g/mol. The number of aliphatic hydroxyl groups is 1. The van der Waals surface area contributed by atoms with Crippen molar-refractivity contribution in [2.75, 3.05) is 11.9 Å². The molecule has 1 unspecified atom stereocenters. The van der Waals surface area contributed by atoms with Gasteiger partial charge in [0.05, 0.1) is 12.6 Å². The van der Waals surface area contributed by atoms with Crippen molar-refractivity contribution in [1.82, 2.24) is 0 Å². The Bertz CT molecular complexity index is 734. The molecule has 0 amide bonds. The number of hydrogen-bond donors (Lipinski definition) is 2. The molecule has 2 nitrogen and oxygen atoms in total. The van der Waals surface area contributed by atoms with E-state index in [0.29, 0.717) is 0 Å². The second-order valence-corrected chi connectivity index (χ2v) is 5.35. The van der Waals surface area contributed by atoms with Gasteiger partial charge in [-0.05, 0) is 41.5 Å². The number of fused-ring (bicyclic) bond motifs is 1. The lowest BCUT2D eigenvalue weighted by molar-refractivity contribution is 0.276. The topological polar surface area (TPSA) is 32.3 Å². The molecule has 0 aromatic heterocycles. The number of rotatable bonds is 4. The van der Waals surface area contributed by atoms with Crippen LogP contribution in [0.5, 0.6) is 0 Å². The molecular formula is C19H19NO. The van der Waals surface area contributed by atoms with Gasteiger partial charge in [-0.25, -0.2) is 0 Å². The molecule has 0 bridgehead atoms. The molecule has 1 atom stereocenters. The number of hydrogen-bond acceptors (Lipinski definition) is 2. The Hall–Kier alpha value is -2.32. The lowest BCUT2D eigenvalue weighted by Crippen LogP contribution is -2.14. The summed E-state index contributed by atoms with van der Waals surface area (Å²) in [5, 5.41) is 15.5. The van der Waals surface area contributed by atoms with Crippen molar-refractivity contribution in [3.05, 3.63) is 77.9 Å². The van der Waals surface area contributed by atoms with E-state index in [2.05, 4.69) is 54.7 Å². The van der Waals surface area contributed by atoms with Crippen LogP contribution < -0.4 is 5.32 Å². The van der Waals surface area contributed by atoms with Crippen LogP contribution in [-0.2, 0) is 0 Å². The third kappa shape index (κ3) is 3.06. The van der Waals surface area contributed by atoms with Crippen molar-refractivity contribution in [2.24, 2.45) is 0 Å². The first-order valence-electron chi connectivity index (χ1n) is 7.19. The Labute approximate surface area is 125 Å². The summed E-state index contributed by atoms with van der Waals surface area (Å²) in [6.07, 6.45) is 0.